The Balaban J connectivity index is 1.48. The minimum Gasteiger partial charge on any atom is -0.494 e. The first-order chi connectivity index (χ1) is 14.9. The Kier molecular flexibility index (Phi) is 5.67. The fourth-order valence-electron chi connectivity index (χ4n) is 4.27. The number of rotatable bonds is 5. The van der Waals surface area contributed by atoms with E-state index < -0.39 is 5.92 Å². The van der Waals surface area contributed by atoms with Crippen molar-refractivity contribution in [3.8, 4) is 5.75 Å². The highest BCUT2D eigenvalue weighted by molar-refractivity contribution is 6.04. The number of nitrogens with zero attached hydrogens (tertiary/aromatic N) is 2. The van der Waals surface area contributed by atoms with Gasteiger partial charge < -0.3 is 19.9 Å². The molecule has 1 atom stereocenters. The topological polar surface area (TPSA) is 79.0 Å². The van der Waals surface area contributed by atoms with Gasteiger partial charge in [-0.2, -0.15) is 0 Å². The number of hydrogen-bond donors (Lipinski definition) is 1. The number of nitrogens with one attached hydrogen (secondary N) is 1. The van der Waals surface area contributed by atoms with E-state index in [1.807, 2.05) is 32.0 Å². The van der Waals surface area contributed by atoms with Crippen molar-refractivity contribution in [1.29, 1.82) is 0 Å². The van der Waals surface area contributed by atoms with Crippen molar-refractivity contribution < 1.29 is 19.1 Å². The van der Waals surface area contributed by atoms with Crippen molar-refractivity contribution in [2.75, 3.05) is 35.3 Å². The maximum atomic E-state index is 12.9. The summed E-state index contributed by atoms with van der Waals surface area (Å²) in [5, 5.41) is 2.90. The third-order valence-electron chi connectivity index (χ3n) is 6.17. The molecule has 2 saturated heterocycles. The third kappa shape index (κ3) is 4.00. The zero-order valence-electron chi connectivity index (χ0n) is 18.1. The van der Waals surface area contributed by atoms with Crippen LogP contribution in [0.15, 0.2) is 36.4 Å². The molecular weight excluding hydrogens is 394 g/mol. The number of amides is 3. The van der Waals surface area contributed by atoms with Gasteiger partial charge in [0.2, 0.25) is 17.7 Å². The molecule has 2 aliphatic rings. The fraction of sp³-hybridized carbons (Fsp3) is 0.375. The summed E-state index contributed by atoms with van der Waals surface area (Å²) in [6.45, 7) is 5.02. The Labute approximate surface area is 182 Å². The van der Waals surface area contributed by atoms with Gasteiger partial charge in [-0.25, -0.2) is 0 Å². The average molecular weight is 421 g/mol. The Hall–Kier alpha value is -3.35. The summed E-state index contributed by atoms with van der Waals surface area (Å²) in [6.07, 6.45) is 1.54. The van der Waals surface area contributed by atoms with Gasteiger partial charge in [-0.1, -0.05) is 12.1 Å². The SMILES string of the molecule is COc1cc(NC(=O)C2CC(=O)N(c3cccc(C)c3C)C2)ccc1N1CCCC1=O. The van der Waals surface area contributed by atoms with E-state index in [1.165, 1.54) is 0 Å². The zero-order chi connectivity index (χ0) is 22.1. The molecule has 2 aromatic rings. The van der Waals surface area contributed by atoms with E-state index in [0.717, 1.165) is 23.2 Å². The Bertz CT molecular complexity index is 1050. The van der Waals surface area contributed by atoms with Gasteiger partial charge in [0.25, 0.3) is 0 Å². The minimum atomic E-state index is -0.432. The summed E-state index contributed by atoms with van der Waals surface area (Å²) in [4.78, 5) is 41.0. The van der Waals surface area contributed by atoms with Gasteiger partial charge in [0.15, 0.2) is 0 Å². The lowest BCUT2D eigenvalue weighted by molar-refractivity contribution is -0.122. The van der Waals surface area contributed by atoms with Gasteiger partial charge in [0.05, 0.1) is 18.7 Å². The Morgan fingerprint density at radius 2 is 1.87 bits per heavy atom. The molecule has 0 bridgehead atoms. The van der Waals surface area contributed by atoms with Crippen LogP contribution in [0.3, 0.4) is 0 Å². The van der Waals surface area contributed by atoms with Crippen LogP contribution in [0, 0.1) is 19.8 Å². The Morgan fingerprint density at radius 1 is 1.06 bits per heavy atom. The highest BCUT2D eigenvalue weighted by Gasteiger charge is 2.36. The molecule has 31 heavy (non-hydrogen) atoms. The molecular formula is C24H27N3O4. The monoisotopic (exact) mass is 421 g/mol. The molecule has 2 aliphatic heterocycles. The molecule has 0 saturated carbocycles. The summed E-state index contributed by atoms with van der Waals surface area (Å²) in [6, 6.07) is 11.1. The Morgan fingerprint density at radius 3 is 2.58 bits per heavy atom. The first-order valence-electron chi connectivity index (χ1n) is 10.5. The first-order valence-corrected chi connectivity index (χ1v) is 10.5. The molecule has 4 rings (SSSR count). The van der Waals surface area contributed by atoms with E-state index in [-0.39, 0.29) is 24.1 Å². The van der Waals surface area contributed by atoms with Crippen LogP contribution in [-0.2, 0) is 14.4 Å². The standard InChI is InChI=1S/C24H27N3O4/c1-15-6-4-7-19(16(15)2)27-14-17(12-23(27)29)24(30)25-18-9-10-20(21(13-18)31-3)26-11-5-8-22(26)28/h4,6-7,9-10,13,17H,5,8,11-12,14H2,1-3H3,(H,25,30). The molecule has 0 aromatic heterocycles. The molecule has 2 aromatic carbocycles. The molecule has 3 amide bonds. The van der Waals surface area contributed by atoms with Crippen LogP contribution in [0.2, 0.25) is 0 Å². The third-order valence-corrected chi connectivity index (χ3v) is 6.17. The van der Waals surface area contributed by atoms with Crippen molar-refractivity contribution in [3.05, 3.63) is 47.5 Å². The van der Waals surface area contributed by atoms with Crippen molar-refractivity contribution in [3.63, 3.8) is 0 Å². The van der Waals surface area contributed by atoms with E-state index in [4.69, 9.17) is 4.74 Å². The number of methoxy groups -OCH3 is 1. The second kappa shape index (κ2) is 8.41. The van der Waals surface area contributed by atoms with Crippen LogP contribution in [0.4, 0.5) is 17.1 Å². The lowest BCUT2D eigenvalue weighted by Crippen LogP contribution is -2.28. The van der Waals surface area contributed by atoms with Gasteiger partial charge in [-0.3, -0.25) is 14.4 Å². The van der Waals surface area contributed by atoms with Crippen LogP contribution in [0.5, 0.6) is 5.75 Å². The van der Waals surface area contributed by atoms with Crippen LogP contribution < -0.4 is 19.9 Å². The van der Waals surface area contributed by atoms with Gasteiger partial charge in [-0.05, 0) is 49.6 Å². The van der Waals surface area contributed by atoms with E-state index >= 15 is 0 Å². The van der Waals surface area contributed by atoms with Crippen molar-refractivity contribution in [2.45, 2.75) is 33.1 Å². The predicted molar refractivity (Wildman–Crippen MR) is 120 cm³/mol. The predicted octanol–water partition coefficient (Wildman–Crippen LogP) is 3.43. The zero-order valence-corrected chi connectivity index (χ0v) is 18.1. The number of aryl methyl sites for hydroxylation is 1. The molecule has 2 fully saturated rings. The first kappa shape index (κ1) is 20.9. The molecule has 7 heteroatoms. The second-order valence-electron chi connectivity index (χ2n) is 8.15. The molecule has 162 valence electrons. The van der Waals surface area contributed by atoms with Gasteiger partial charge >= 0.3 is 0 Å². The number of anilines is 3. The molecule has 2 heterocycles. The van der Waals surface area contributed by atoms with Gasteiger partial charge in [0.1, 0.15) is 5.75 Å². The number of carbonyl (C=O) groups is 3. The summed E-state index contributed by atoms with van der Waals surface area (Å²) in [5.74, 6) is -0.0700. The minimum absolute atomic E-state index is 0.0469. The molecule has 7 nitrogen and oxygen atoms in total. The highest BCUT2D eigenvalue weighted by atomic mass is 16.5. The van der Waals surface area contributed by atoms with Crippen molar-refractivity contribution in [2.24, 2.45) is 5.92 Å². The quantitative estimate of drug-likeness (QED) is 0.802. The lowest BCUT2D eigenvalue weighted by atomic mass is 10.1. The van der Waals surface area contributed by atoms with E-state index in [2.05, 4.69) is 5.32 Å². The summed E-state index contributed by atoms with van der Waals surface area (Å²) in [5.41, 5.74) is 4.31. The van der Waals surface area contributed by atoms with E-state index in [9.17, 15) is 14.4 Å². The number of ether oxygens (including phenoxy) is 1. The number of carbonyl (C=O) groups excluding carboxylic acids is 3. The number of benzene rings is 2. The van der Waals surface area contributed by atoms with Gasteiger partial charge in [-0.15, -0.1) is 0 Å². The molecule has 1 unspecified atom stereocenters. The van der Waals surface area contributed by atoms with Gasteiger partial charge in [0, 0.05) is 43.4 Å². The maximum absolute atomic E-state index is 12.9. The summed E-state index contributed by atoms with van der Waals surface area (Å²) >= 11 is 0. The van der Waals surface area contributed by atoms with Crippen molar-refractivity contribution >= 4 is 34.8 Å². The molecule has 0 spiro atoms. The van der Waals surface area contributed by atoms with Crippen LogP contribution in [0.1, 0.15) is 30.4 Å². The molecule has 1 N–H and O–H groups in total. The average Bonchev–Trinajstić information content (AvgIpc) is 3.35. The van der Waals surface area contributed by atoms with E-state index in [1.54, 1.807) is 35.1 Å². The van der Waals surface area contributed by atoms with Crippen LogP contribution >= 0.6 is 0 Å². The highest BCUT2D eigenvalue weighted by Crippen LogP contribution is 2.35. The van der Waals surface area contributed by atoms with Crippen LogP contribution in [-0.4, -0.2) is 37.9 Å². The van der Waals surface area contributed by atoms with Crippen LogP contribution in [0.25, 0.3) is 0 Å². The molecule has 0 radical (unpaired) electrons. The largest absolute Gasteiger partial charge is 0.494 e. The smallest absolute Gasteiger partial charge is 0.229 e. The molecule has 0 aliphatic carbocycles. The normalized spacial score (nSPS) is 18.6. The summed E-state index contributed by atoms with van der Waals surface area (Å²) in [7, 11) is 1.54. The fourth-order valence-corrected chi connectivity index (χ4v) is 4.27. The van der Waals surface area contributed by atoms with Crippen molar-refractivity contribution in [1.82, 2.24) is 0 Å². The lowest BCUT2D eigenvalue weighted by Gasteiger charge is -2.21. The second-order valence-corrected chi connectivity index (χ2v) is 8.15. The number of hydrogen-bond acceptors (Lipinski definition) is 4. The maximum Gasteiger partial charge on any atom is 0.229 e. The van der Waals surface area contributed by atoms with E-state index in [0.29, 0.717) is 36.6 Å². The summed E-state index contributed by atoms with van der Waals surface area (Å²) < 4.78 is 5.46.